The number of rotatable bonds is 6. The SMILES string of the molecule is CC1(C)[C@@H]([C@@H](C#N)c2cccc(Oc3ccccc3)c2)[C@@]1(C=C(Cl)Cl)C(=O)O. The smallest absolute Gasteiger partial charge is 0.314 e. The lowest BCUT2D eigenvalue weighted by Gasteiger charge is -2.14. The Bertz CT molecular complexity index is 961. The Labute approximate surface area is 174 Å². The Morgan fingerprint density at radius 2 is 1.82 bits per heavy atom. The number of para-hydroxylation sites is 1. The van der Waals surface area contributed by atoms with Crippen LogP contribution in [0.15, 0.2) is 65.2 Å². The Morgan fingerprint density at radius 3 is 2.39 bits per heavy atom. The largest absolute Gasteiger partial charge is 0.481 e. The van der Waals surface area contributed by atoms with Crippen molar-refractivity contribution in [3.63, 3.8) is 0 Å². The van der Waals surface area contributed by atoms with Crippen molar-refractivity contribution < 1.29 is 14.6 Å². The maximum Gasteiger partial charge on any atom is 0.314 e. The van der Waals surface area contributed by atoms with Crippen molar-refractivity contribution in [1.82, 2.24) is 0 Å². The average Bonchev–Trinajstić information content (AvgIpc) is 3.12. The molecular weight excluding hydrogens is 397 g/mol. The van der Waals surface area contributed by atoms with Gasteiger partial charge in [-0.1, -0.05) is 67.4 Å². The number of benzene rings is 2. The van der Waals surface area contributed by atoms with Crippen molar-refractivity contribution >= 4 is 29.2 Å². The van der Waals surface area contributed by atoms with Gasteiger partial charge in [0.15, 0.2) is 0 Å². The molecule has 6 heteroatoms. The highest BCUT2D eigenvalue weighted by atomic mass is 35.5. The molecule has 3 atom stereocenters. The molecule has 0 bridgehead atoms. The minimum Gasteiger partial charge on any atom is -0.481 e. The molecule has 3 rings (SSSR count). The van der Waals surface area contributed by atoms with Gasteiger partial charge in [0.05, 0.1) is 17.4 Å². The number of hydrogen-bond acceptors (Lipinski definition) is 3. The fourth-order valence-electron chi connectivity index (χ4n) is 4.17. The molecule has 0 radical (unpaired) electrons. The van der Waals surface area contributed by atoms with Gasteiger partial charge < -0.3 is 9.84 Å². The Morgan fingerprint density at radius 1 is 1.18 bits per heavy atom. The van der Waals surface area contributed by atoms with E-state index in [1.807, 2.05) is 44.2 Å². The summed E-state index contributed by atoms with van der Waals surface area (Å²) in [4.78, 5) is 12.1. The summed E-state index contributed by atoms with van der Waals surface area (Å²) in [5, 5.41) is 19.8. The van der Waals surface area contributed by atoms with E-state index in [0.717, 1.165) is 0 Å². The van der Waals surface area contributed by atoms with Gasteiger partial charge in [0.2, 0.25) is 0 Å². The van der Waals surface area contributed by atoms with Crippen LogP contribution in [-0.4, -0.2) is 11.1 Å². The monoisotopic (exact) mass is 415 g/mol. The third-order valence-electron chi connectivity index (χ3n) is 5.61. The number of aliphatic carboxylic acids is 1. The van der Waals surface area contributed by atoms with Gasteiger partial charge in [0, 0.05) is 5.92 Å². The molecule has 0 amide bonds. The quantitative estimate of drug-likeness (QED) is 0.615. The second kappa shape index (κ2) is 7.50. The molecular formula is C22H19Cl2NO3. The zero-order chi connectivity index (χ0) is 20.5. The van der Waals surface area contributed by atoms with E-state index in [0.29, 0.717) is 17.1 Å². The van der Waals surface area contributed by atoms with E-state index in [-0.39, 0.29) is 4.49 Å². The summed E-state index contributed by atoms with van der Waals surface area (Å²) >= 11 is 11.6. The molecule has 28 heavy (non-hydrogen) atoms. The number of carbonyl (C=O) groups is 1. The zero-order valence-electron chi connectivity index (χ0n) is 15.4. The molecule has 1 saturated carbocycles. The molecule has 0 saturated heterocycles. The summed E-state index contributed by atoms with van der Waals surface area (Å²) in [6.45, 7) is 3.63. The third-order valence-corrected chi connectivity index (χ3v) is 5.83. The van der Waals surface area contributed by atoms with Gasteiger partial charge >= 0.3 is 5.97 Å². The molecule has 1 aliphatic carbocycles. The minimum atomic E-state index is -1.30. The lowest BCUT2D eigenvalue weighted by atomic mass is 9.89. The van der Waals surface area contributed by atoms with Gasteiger partial charge in [-0.3, -0.25) is 4.79 Å². The number of hydrogen-bond donors (Lipinski definition) is 1. The van der Waals surface area contributed by atoms with Gasteiger partial charge in [-0.2, -0.15) is 5.26 Å². The van der Waals surface area contributed by atoms with Crippen LogP contribution in [0, 0.1) is 28.1 Å². The average molecular weight is 416 g/mol. The summed E-state index contributed by atoms with van der Waals surface area (Å²) in [6, 6.07) is 18.7. The number of carboxylic acid groups (broad SMARTS) is 1. The maximum atomic E-state index is 12.1. The third kappa shape index (κ3) is 3.37. The topological polar surface area (TPSA) is 70.3 Å². The van der Waals surface area contributed by atoms with Crippen molar-refractivity contribution in [2.45, 2.75) is 19.8 Å². The van der Waals surface area contributed by atoms with E-state index in [1.165, 1.54) is 6.08 Å². The first kappa shape index (κ1) is 20.3. The Kier molecular flexibility index (Phi) is 5.43. The lowest BCUT2D eigenvalue weighted by molar-refractivity contribution is -0.143. The molecule has 1 N–H and O–H groups in total. The van der Waals surface area contributed by atoms with E-state index in [1.54, 1.807) is 24.3 Å². The Hall–Kier alpha value is -2.48. The van der Waals surface area contributed by atoms with Crippen LogP contribution in [0.2, 0.25) is 0 Å². The van der Waals surface area contributed by atoms with Crippen LogP contribution in [0.5, 0.6) is 11.5 Å². The molecule has 0 spiro atoms. The lowest BCUT2D eigenvalue weighted by Crippen LogP contribution is -2.20. The number of nitriles is 1. The fourth-order valence-corrected chi connectivity index (χ4v) is 4.52. The molecule has 0 aromatic heterocycles. The number of ether oxygens (including phenoxy) is 1. The molecule has 1 aliphatic rings. The second-order valence-corrected chi connectivity index (χ2v) is 8.41. The molecule has 2 aromatic carbocycles. The van der Waals surface area contributed by atoms with Gasteiger partial charge in [-0.25, -0.2) is 0 Å². The predicted molar refractivity (Wildman–Crippen MR) is 108 cm³/mol. The van der Waals surface area contributed by atoms with Crippen molar-refractivity contribution in [2.24, 2.45) is 16.7 Å². The molecule has 2 aromatic rings. The molecule has 0 aliphatic heterocycles. The fraction of sp³-hybridized carbons (Fsp3) is 0.273. The predicted octanol–water partition coefficient (Wildman–Crippen LogP) is 6.13. The van der Waals surface area contributed by atoms with Crippen LogP contribution < -0.4 is 4.74 Å². The van der Waals surface area contributed by atoms with E-state index in [4.69, 9.17) is 27.9 Å². The summed E-state index contributed by atoms with van der Waals surface area (Å²) in [7, 11) is 0. The zero-order valence-corrected chi connectivity index (χ0v) is 16.9. The van der Waals surface area contributed by atoms with E-state index < -0.39 is 28.6 Å². The van der Waals surface area contributed by atoms with Gasteiger partial charge in [-0.05, 0) is 41.3 Å². The van der Waals surface area contributed by atoms with Crippen molar-refractivity contribution in [3.8, 4) is 17.6 Å². The number of carboxylic acids is 1. The van der Waals surface area contributed by atoms with Crippen LogP contribution in [0.4, 0.5) is 0 Å². The van der Waals surface area contributed by atoms with E-state index in [2.05, 4.69) is 6.07 Å². The molecule has 144 valence electrons. The highest BCUT2D eigenvalue weighted by molar-refractivity contribution is 6.56. The standard InChI is InChI=1S/C22H19Cl2NO3/c1-21(2)19(22(21,20(26)27)12-18(23)24)17(13-25)14-7-6-10-16(11-14)28-15-8-4-3-5-9-15/h3-12,17,19H,1-2H3,(H,26,27)/t17-,19+,22-/m0/s1. The van der Waals surface area contributed by atoms with Gasteiger partial charge in [0.25, 0.3) is 0 Å². The Balaban J connectivity index is 1.96. The highest BCUT2D eigenvalue weighted by Gasteiger charge is 2.77. The number of halogens is 2. The van der Waals surface area contributed by atoms with Crippen molar-refractivity contribution in [1.29, 1.82) is 5.26 Å². The normalized spacial score (nSPS) is 23.2. The van der Waals surface area contributed by atoms with E-state index >= 15 is 0 Å². The summed E-state index contributed by atoms with van der Waals surface area (Å²) in [5.41, 5.74) is -1.30. The molecule has 1 fully saturated rings. The van der Waals surface area contributed by atoms with Crippen molar-refractivity contribution in [2.75, 3.05) is 0 Å². The van der Waals surface area contributed by atoms with Crippen LogP contribution in [0.25, 0.3) is 0 Å². The van der Waals surface area contributed by atoms with Crippen LogP contribution in [0.1, 0.15) is 25.3 Å². The molecule has 4 nitrogen and oxygen atoms in total. The second-order valence-electron chi connectivity index (χ2n) is 7.40. The first-order valence-electron chi connectivity index (χ1n) is 8.73. The van der Waals surface area contributed by atoms with E-state index in [9.17, 15) is 15.2 Å². The van der Waals surface area contributed by atoms with Gasteiger partial charge in [-0.15, -0.1) is 0 Å². The first-order valence-corrected chi connectivity index (χ1v) is 9.49. The molecule has 0 heterocycles. The number of nitrogens with zero attached hydrogens (tertiary/aromatic N) is 1. The van der Waals surface area contributed by atoms with Crippen LogP contribution >= 0.6 is 23.2 Å². The van der Waals surface area contributed by atoms with Crippen LogP contribution in [-0.2, 0) is 4.79 Å². The first-order chi connectivity index (χ1) is 13.2. The highest BCUT2D eigenvalue weighted by Crippen LogP contribution is 2.74. The van der Waals surface area contributed by atoms with Gasteiger partial charge in [0.1, 0.15) is 16.0 Å². The minimum absolute atomic E-state index is 0.115. The molecule has 0 unspecified atom stereocenters. The van der Waals surface area contributed by atoms with Crippen LogP contribution in [0.3, 0.4) is 0 Å². The summed E-state index contributed by atoms with van der Waals surface area (Å²) in [6.07, 6.45) is 1.35. The summed E-state index contributed by atoms with van der Waals surface area (Å²) in [5.74, 6) is -0.930. The maximum absolute atomic E-state index is 12.1. The summed E-state index contributed by atoms with van der Waals surface area (Å²) < 4.78 is 5.73. The van der Waals surface area contributed by atoms with Crippen molar-refractivity contribution in [3.05, 3.63) is 70.7 Å².